The van der Waals surface area contributed by atoms with Gasteiger partial charge in [-0.3, -0.25) is 9.88 Å². The van der Waals surface area contributed by atoms with Crippen molar-refractivity contribution in [2.75, 3.05) is 26.3 Å². The molecule has 1 unspecified atom stereocenters. The summed E-state index contributed by atoms with van der Waals surface area (Å²) < 4.78 is 20.4. The number of pyridine rings is 1. The van der Waals surface area contributed by atoms with E-state index in [4.69, 9.17) is 10.5 Å². The number of aromatic nitrogens is 2. The molecule has 8 heteroatoms. The summed E-state index contributed by atoms with van der Waals surface area (Å²) in [7, 11) is 0. The Morgan fingerprint density at radius 1 is 1.25 bits per heavy atom. The average Bonchev–Trinajstić information content (AvgIpc) is 3.25. The van der Waals surface area contributed by atoms with Gasteiger partial charge in [0.25, 0.3) is 0 Å². The fourth-order valence-electron chi connectivity index (χ4n) is 5.74. The van der Waals surface area contributed by atoms with Crippen LogP contribution in [0.1, 0.15) is 58.0 Å². The second kappa shape index (κ2) is 9.42. The number of halogens is 1. The summed E-state index contributed by atoms with van der Waals surface area (Å²) in [4.78, 5) is 22.5. The minimum absolute atomic E-state index is 0.249. The van der Waals surface area contributed by atoms with Crippen molar-refractivity contribution in [3.05, 3.63) is 64.2 Å². The Balaban J connectivity index is 1.34. The Morgan fingerprint density at radius 3 is 2.75 bits per heavy atom. The van der Waals surface area contributed by atoms with Crippen LogP contribution in [0.15, 0.2) is 30.5 Å². The quantitative estimate of drug-likeness (QED) is 0.476. The zero-order chi connectivity index (χ0) is 24.8. The first kappa shape index (κ1) is 23.3. The van der Waals surface area contributed by atoms with E-state index in [-0.39, 0.29) is 11.9 Å². The molecule has 1 atom stereocenters. The van der Waals surface area contributed by atoms with E-state index in [0.717, 1.165) is 54.7 Å². The summed E-state index contributed by atoms with van der Waals surface area (Å²) in [5, 5.41) is 10.0. The standard InChI is InChI=1S/C28H31FN4O3/c29-22-12-17(4-5-19(22)15-33-8-10-36-11-9-33)23-13-21-18(14-31-23)6-7-20-24(28(34)35)27(32-26(20)21)25(30)16-2-1-3-16/h4-5,12-14,16,25,32H,1-3,6-11,15,30H2,(H,34,35). The van der Waals surface area contributed by atoms with Gasteiger partial charge in [0.1, 0.15) is 5.82 Å². The first-order chi connectivity index (χ1) is 17.5. The molecule has 0 spiro atoms. The summed E-state index contributed by atoms with van der Waals surface area (Å²) in [6, 6.07) is 6.92. The van der Waals surface area contributed by atoms with Crippen LogP contribution in [0.2, 0.25) is 0 Å². The number of nitrogens with one attached hydrogen (secondary N) is 1. The topological polar surface area (TPSA) is 104 Å². The van der Waals surface area contributed by atoms with Gasteiger partial charge < -0.3 is 20.6 Å². The number of carboxylic acid groups (broad SMARTS) is 1. The number of aromatic amines is 1. The third kappa shape index (κ3) is 4.13. The predicted molar refractivity (Wildman–Crippen MR) is 134 cm³/mol. The number of aromatic carboxylic acids is 1. The molecule has 1 aliphatic heterocycles. The van der Waals surface area contributed by atoms with E-state index >= 15 is 4.39 Å². The highest BCUT2D eigenvalue weighted by Crippen LogP contribution is 2.43. The smallest absolute Gasteiger partial charge is 0.337 e. The van der Waals surface area contributed by atoms with E-state index in [0.29, 0.717) is 66.6 Å². The molecule has 36 heavy (non-hydrogen) atoms. The van der Waals surface area contributed by atoms with Crippen molar-refractivity contribution in [2.24, 2.45) is 11.7 Å². The molecule has 2 aromatic heterocycles. The number of benzene rings is 1. The van der Waals surface area contributed by atoms with Gasteiger partial charge in [0.2, 0.25) is 0 Å². The molecule has 1 saturated heterocycles. The van der Waals surface area contributed by atoms with Crippen molar-refractivity contribution in [1.82, 2.24) is 14.9 Å². The molecule has 6 rings (SSSR count). The van der Waals surface area contributed by atoms with Gasteiger partial charge in [0, 0.05) is 54.3 Å². The lowest BCUT2D eigenvalue weighted by atomic mass is 9.78. The molecule has 1 aromatic carbocycles. The van der Waals surface area contributed by atoms with Crippen LogP contribution < -0.4 is 5.73 Å². The highest BCUT2D eigenvalue weighted by molar-refractivity contribution is 5.95. The van der Waals surface area contributed by atoms with Crippen LogP contribution >= 0.6 is 0 Å². The lowest BCUT2D eigenvalue weighted by Gasteiger charge is -2.31. The summed E-state index contributed by atoms with van der Waals surface area (Å²) in [6.07, 6.45) is 6.37. The molecule has 188 valence electrons. The number of hydrogen-bond donors (Lipinski definition) is 3. The van der Waals surface area contributed by atoms with Gasteiger partial charge >= 0.3 is 5.97 Å². The number of fused-ring (bicyclic) bond motifs is 3. The van der Waals surface area contributed by atoms with Crippen LogP contribution in [0, 0.1) is 11.7 Å². The minimum atomic E-state index is -0.937. The van der Waals surface area contributed by atoms with Crippen molar-refractivity contribution in [1.29, 1.82) is 0 Å². The van der Waals surface area contributed by atoms with Crippen LogP contribution in [-0.2, 0) is 24.1 Å². The van der Waals surface area contributed by atoms with E-state index < -0.39 is 5.97 Å². The highest BCUT2D eigenvalue weighted by atomic mass is 19.1. The molecule has 1 saturated carbocycles. The molecule has 2 fully saturated rings. The summed E-state index contributed by atoms with van der Waals surface area (Å²) in [5.74, 6) is -0.872. The minimum Gasteiger partial charge on any atom is -0.478 e. The molecule has 3 aromatic rings. The van der Waals surface area contributed by atoms with Crippen molar-refractivity contribution < 1.29 is 19.0 Å². The van der Waals surface area contributed by atoms with Crippen LogP contribution in [0.25, 0.3) is 22.5 Å². The molecule has 4 N–H and O–H groups in total. The fraction of sp³-hybridized carbons (Fsp3) is 0.429. The maximum absolute atomic E-state index is 15.0. The van der Waals surface area contributed by atoms with E-state index in [2.05, 4.69) is 14.9 Å². The van der Waals surface area contributed by atoms with Crippen LogP contribution in [0.5, 0.6) is 0 Å². The highest BCUT2D eigenvalue weighted by Gasteiger charge is 2.34. The fourth-order valence-corrected chi connectivity index (χ4v) is 5.74. The number of H-pyrrole nitrogens is 1. The monoisotopic (exact) mass is 490 g/mol. The number of nitrogens with two attached hydrogens (primary N) is 1. The summed E-state index contributed by atoms with van der Waals surface area (Å²) in [5.41, 5.74) is 13.1. The lowest BCUT2D eigenvalue weighted by molar-refractivity contribution is 0.0337. The molecule has 3 heterocycles. The SMILES string of the molecule is NC(c1[nH]c2c(c1C(=O)O)CCc1cnc(-c3ccc(CN4CCOCC4)c(F)c3)cc1-2)C1CCC1. The molecule has 0 bridgehead atoms. The average molecular weight is 491 g/mol. The van der Waals surface area contributed by atoms with Gasteiger partial charge in [-0.1, -0.05) is 18.6 Å². The van der Waals surface area contributed by atoms with Gasteiger partial charge in [-0.15, -0.1) is 0 Å². The first-order valence-electron chi connectivity index (χ1n) is 12.8. The molecule has 0 radical (unpaired) electrons. The van der Waals surface area contributed by atoms with E-state index in [1.54, 1.807) is 6.07 Å². The van der Waals surface area contributed by atoms with Crippen LogP contribution in [0.3, 0.4) is 0 Å². The molecular formula is C28H31FN4O3. The molecule has 3 aliphatic rings. The largest absolute Gasteiger partial charge is 0.478 e. The number of carbonyl (C=O) groups is 1. The Hall–Kier alpha value is -3.07. The van der Waals surface area contributed by atoms with E-state index in [1.165, 1.54) is 0 Å². The number of hydrogen-bond acceptors (Lipinski definition) is 5. The van der Waals surface area contributed by atoms with Crippen molar-refractivity contribution in [3.63, 3.8) is 0 Å². The van der Waals surface area contributed by atoms with Gasteiger partial charge in [-0.2, -0.15) is 0 Å². The maximum atomic E-state index is 15.0. The molecule has 2 aliphatic carbocycles. The predicted octanol–water partition coefficient (Wildman–Crippen LogP) is 4.31. The maximum Gasteiger partial charge on any atom is 0.337 e. The zero-order valence-corrected chi connectivity index (χ0v) is 20.2. The number of aryl methyl sites for hydroxylation is 1. The Kier molecular flexibility index (Phi) is 6.11. The summed E-state index contributed by atoms with van der Waals surface area (Å²) >= 11 is 0. The number of morpholine rings is 1. The second-order valence-corrected chi connectivity index (χ2v) is 10.2. The van der Waals surface area contributed by atoms with Gasteiger partial charge in [0.05, 0.1) is 30.2 Å². The molecule has 0 amide bonds. The number of nitrogens with zero attached hydrogens (tertiary/aromatic N) is 2. The zero-order valence-electron chi connectivity index (χ0n) is 20.2. The van der Waals surface area contributed by atoms with Gasteiger partial charge in [-0.05, 0) is 54.9 Å². The second-order valence-electron chi connectivity index (χ2n) is 10.2. The van der Waals surface area contributed by atoms with E-state index in [9.17, 15) is 9.90 Å². The molecule has 7 nitrogen and oxygen atoms in total. The van der Waals surface area contributed by atoms with Gasteiger partial charge in [0.15, 0.2) is 0 Å². The summed E-state index contributed by atoms with van der Waals surface area (Å²) in [6.45, 7) is 3.52. The number of carboxylic acids is 1. The number of rotatable bonds is 6. The van der Waals surface area contributed by atoms with Crippen LogP contribution in [0.4, 0.5) is 4.39 Å². The normalized spacial score (nSPS) is 18.8. The Morgan fingerprint density at radius 2 is 2.06 bits per heavy atom. The Labute approximate surface area is 209 Å². The first-order valence-corrected chi connectivity index (χ1v) is 12.8. The third-order valence-corrected chi connectivity index (χ3v) is 8.08. The molecular weight excluding hydrogens is 459 g/mol. The third-order valence-electron chi connectivity index (χ3n) is 8.08. The lowest BCUT2D eigenvalue weighted by Crippen LogP contribution is -2.35. The van der Waals surface area contributed by atoms with Crippen molar-refractivity contribution >= 4 is 5.97 Å². The Bertz CT molecular complexity index is 1310. The van der Waals surface area contributed by atoms with Gasteiger partial charge in [-0.25, -0.2) is 9.18 Å². The van der Waals surface area contributed by atoms with E-state index in [1.807, 2.05) is 24.4 Å². The van der Waals surface area contributed by atoms with Crippen molar-refractivity contribution in [3.8, 4) is 22.5 Å². The van der Waals surface area contributed by atoms with Crippen LogP contribution in [-0.4, -0.2) is 52.2 Å². The van der Waals surface area contributed by atoms with Crippen molar-refractivity contribution in [2.45, 2.75) is 44.7 Å². The number of ether oxygens (including phenoxy) is 1.